The quantitative estimate of drug-likeness (QED) is 0.620. The number of aliphatic imine (C=N–C) groups is 1. The molecular weight excluding hydrogens is 280 g/mol. The van der Waals surface area contributed by atoms with Gasteiger partial charge in [0.05, 0.1) is 20.8 Å². The van der Waals surface area contributed by atoms with Crippen molar-refractivity contribution in [1.29, 1.82) is 0 Å². The van der Waals surface area contributed by atoms with Gasteiger partial charge in [0.15, 0.2) is 17.5 Å². The lowest BCUT2D eigenvalue weighted by molar-refractivity contribution is 0.273. The topological polar surface area (TPSA) is 72.1 Å². The lowest BCUT2D eigenvalue weighted by Crippen LogP contribution is -2.33. The Labute approximate surface area is 132 Å². The highest BCUT2D eigenvalue weighted by atomic mass is 16.5. The van der Waals surface area contributed by atoms with Gasteiger partial charge in [0, 0.05) is 17.8 Å². The van der Waals surface area contributed by atoms with Crippen molar-refractivity contribution in [3.05, 3.63) is 18.2 Å². The maximum absolute atomic E-state index is 5.98. The van der Waals surface area contributed by atoms with E-state index in [-0.39, 0.29) is 0 Å². The third-order valence-electron chi connectivity index (χ3n) is 4.03. The fourth-order valence-corrected chi connectivity index (χ4v) is 2.82. The van der Waals surface area contributed by atoms with Crippen molar-refractivity contribution < 1.29 is 9.47 Å². The largest absolute Gasteiger partial charge is 0.493 e. The molecule has 1 aromatic rings. The Morgan fingerprint density at radius 3 is 2.82 bits per heavy atom. The van der Waals surface area contributed by atoms with Crippen LogP contribution in [0.2, 0.25) is 0 Å². The van der Waals surface area contributed by atoms with Crippen LogP contribution >= 0.6 is 0 Å². The third-order valence-corrected chi connectivity index (χ3v) is 4.03. The van der Waals surface area contributed by atoms with Crippen LogP contribution < -0.4 is 20.5 Å². The summed E-state index contributed by atoms with van der Waals surface area (Å²) in [6.07, 6.45) is 2.44. The molecule has 1 atom stereocenters. The highest BCUT2D eigenvalue weighted by Crippen LogP contribution is 2.29. The Kier molecular flexibility index (Phi) is 5.89. The Morgan fingerprint density at radius 2 is 2.14 bits per heavy atom. The minimum absolute atomic E-state index is 0.426. The zero-order valence-corrected chi connectivity index (χ0v) is 13.6. The summed E-state index contributed by atoms with van der Waals surface area (Å²) in [5.74, 6) is 1.77. The van der Waals surface area contributed by atoms with Crippen molar-refractivity contribution in [2.45, 2.75) is 25.8 Å². The second kappa shape index (κ2) is 7.89. The summed E-state index contributed by atoms with van der Waals surface area (Å²) >= 11 is 0. The van der Waals surface area contributed by atoms with Crippen LogP contribution in [0.1, 0.15) is 19.8 Å². The Morgan fingerprint density at radius 1 is 1.36 bits per heavy atom. The normalized spacial score (nSPS) is 19.2. The van der Waals surface area contributed by atoms with Gasteiger partial charge in [-0.1, -0.05) is 6.92 Å². The van der Waals surface area contributed by atoms with Crippen LogP contribution in [0.15, 0.2) is 23.2 Å². The Balaban J connectivity index is 1.96. The molecule has 0 spiro atoms. The average molecular weight is 306 g/mol. The molecule has 6 heteroatoms. The van der Waals surface area contributed by atoms with E-state index in [1.165, 1.54) is 19.4 Å². The summed E-state index contributed by atoms with van der Waals surface area (Å²) in [6.45, 7) is 5.16. The van der Waals surface area contributed by atoms with E-state index in [4.69, 9.17) is 15.2 Å². The van der Waals surface area contributed by atoms with Crippen LogP contribution in [0.3, 0.4) is 0 Å². The van der Waals surface area contributed by atoms with Crippen molar-refractivity contribution in [2.75, 3.05) is 39.2 Å². The number of nitrogens with two attached hydrogens (primary N) is 1. The van der Waals surface area contributed by atoms with Crippen LogP contribution in [0.4, 0.5) is 5.69 Å². The lowest BCUT2D eigenvalue weighted by atomic mass is 10.2. The summed E-state index contributed by atoms with van der Waals surface area (Å²) < 4.78 is 10.5. The monoisotopic (exact) mass is 306 g/mol. The first-order chi connectivity index (χ1) is 10.7. The molecule has 0 bridgehead atoms. The fraction of sp³-hybridized carbons (Fsp3) is 0.562. The predicted molar refractivity (Wildman–Crippen MR) is 89.9 cm³/mol. The smallest absolute Gasteiger partial charge is 0.193 e. The molecule has 1 heterocycles. The molecule has 3 N–H and O–H groups in total. The first-order valence-corrected chi connectivity index (χ1v) is 7.71. The molecule has 2 rings (SSSR count). The van der Waals surface area contributed by atoms with E-state index in [0.29, 0.717) is 23.5 Å². The number of nitrogens with one attached hydrogen (secondary N) is 1. The SMILES string of the molecule is CCN1CCCC1CN=C(N)Nc1ccc(OC)c(OC)c1. The summed E-state index contributed by atoms with van der Waals surface area (Å²) in [7, 11) is 3.22. The molecule has 6 nitrogen and oxygen atoms in total. The molecular formula is C16H26N4O2. The minimum Gasteiger partial charge on any atom is -0.493 e. The van der Waals surface area contributed by atoms with Gasteiger partial charge in [0.2, 0.25) is 0 Å². The maximum Gasteiger partial charge on any atom is 0.193 e. The van der Waals surface area contributed by atoms with Crippen molar-refractivity contribution in [3.8, 4) is 11.5 Å². The molecule has 0 amide bonds. The summed E-state index contributed by atoms with van der Waals surface area (Å²) in [5.41, 5.74) is 6.81. The average Bonchev–Trinajstić information content (AvgIpc) is 3.00. The molecule has 0 saturated carbocycles. The molecule has 0 aromatic heterocycles. The van der Waals surface area contributed by atoms with Gasteiger partial charge in [-0.15, -0.1) is 0 Å². The molecule has 0 aliphatic carbocycles. The van der Waals surface area contributed by atoms with Gasteiger partial charge in [-0.25, -0.2) is 0 Å². The first-order valence-electron chi connectivity index (χ1n) is 7.71. The number of likely N-dealkylation sites (N-methyl/N-ethyl adjacent to an activating group) is 1. The van der Waals surface area contributed by atoms with E-state index in [9.17, 15) is 0 Å². The number of likely N-dealkylation sites (tertiary alicyclic amines) is 1. The highest BCUT2D eigenvalue weighted by Gasteiger charge is 2.22. The van der Waals surface area contributed by atoms with Crippen LogP contribution in [0, 0.1) is 0 Å². The standard InChI is InChI=1S/C16H26N4O2/c1-4-20-9-5-6-13(20)11-18-16(17)19-12-7-8-14(21-2)15(10-12)22-3/h7-8,10,13H,4-6,9,11H2,1-3H3,(H3,17,18,19). The highest BCUT2D eigenvalue weighted by molar-refractivity contribution is 5.92. The lowest BCUT2D eigenvalue weighted by Gasteiger charge is -2.21. The van der Waals surface area contributed by atoms with Crippen LogP contribution in [0.25, 0.3) is 0 Å². The van der Waals surface area contributed by atoms with Gasteiger partial charge in [-0.05, 0) is 38.1 Å². The number of benzene rings is 1. The molecule has 1 fully saturated rings. The van der Waals surface area contributed by atoms with E-state index in [2.05, 4.69) is 22.1 Å². The van der Waals surface area contributed by atoms with E-state index in [1.54, 1.807) is 14.2 Å². The molecule has 0 radical (unpaired) electrons. The number of methoxy groups -OCH3 is 2. The van der Waals surface area contributed by atoms with Gasteiger partial charge in [-0.3, -0.25) is 9.89 Å². The number of hydrogen-bond donors (Lipinski definition) is 2. The third kappa shape index (κ3) is 4.04. The Bertz CT molecular complexity index is 519. The van der Waals surface area contributed by atoms with E-state index < -0.39 is 0 Å². The van der Waals surface area contributed by atoms with Gasteiger partial charge < -0.3 is 20.5 Å². The van der Waals surface area contributed by atoms with Gasteiger partial charge >= 0.3 is 0 Å². The minimum atomic E-state index is 0.426. The van der Waals surface area contributed by atoms with E-state index in [1.807, 2.05) is 18.2 Å². The number of guanidine groups is 1. The second-order valence-corrected chi connectivity index (χ2v) is 5.35. The number of anilines is 1. The van der Waals surface area contributed by atoms with E-state index >= 15 is 0 Å². The molecule has 1 unspecified atom stereocenters. The summed E-state index contributed by atoms with van der Waals surface area (Å²) in [5, 5.41) is 3.10. The molecule has 122 valence electrons. The van der Waals surface area contributed by atoms with E-state index in [0.717, 1.165) is 18.8 Å². The zero-order chi connectivity index (χ0) is 15.9. The number of rotatable bonds is 6. The second-order valence-electron chi connectivity index (χ2n) is 5.35. The van der Waals surface area contributed by atoms with Crippen molar-refractivity contribution in [1.82, 2.24) is 4.90 Å². The van der Waals surface area contributed by atoms with Gasteiger partial charge in [0.1, 0.15) is 0 Å². The molecule has 1 aromatic carbocycles. The maximum atomic E-state index is 5.98. The zero-order valence-electron chi connectivity index (χ0n) is 13.6. The molecule has 1 aliphatic heterocycles. The van der Waals surface area contributed by atoms with Crippen molar-refractivity contribution in [2.24, 2.45) is 10.7 Å². The number of nitrogens with zero attached hydrogens (tertiary/aromatic N) is 2. The molecule has 22 heavy (non-hydrogen) atoms. The predicted octanol–water partition coefficient (Wildman–Crippen LogP) is 1.91. The fourth-order valence-electron chi connectivity index (χ4n) is 2.82. The molecule has 1 aliphatic rings. The Hall–Kier alpha value is -1.95. The van der Waals surface area contributed by atoms with Gasteiger partial charge in [-0.2, -0.15) is 0 Å². The van der Waals surface area contributed by atoms with Crippen LogP contribution in [-0.2, 0) is 0 Å². The summed E-state index contributed by atoms with van der Waals surface area (Å²) in [6, 6.07) is 6.08. The van der Waals surface area contributed by atoms with Crippen molar-refractivity contribution >= 4 is 11.6 Å². The van der Waals surface area contributed by atoms with Gasteiger partial charge in [0.25, 0.3) is 0 Å². The first kappa shape index (κ1) is 16.4. The summed E-state index contributed by atoms with van der Waals surface area (Å²) in [4.78, 5) is 6.92. The van der Waals surface area contributed by atoms with Crippen molar-refractivity contribution in [3.63, 3.8) is 0 Å². The van der Waals surface area contributed by atoms with Crippen LogP contribution in [-0.4, -0.2) is 50.8 Å². The molecule has 1 saturated heterocycles. The number of ether oxygens (including phenoxy) is 2. The van der Waals surface area contributed by atoms with Crippen LogP contribution in [0.5, 0.6) is 11.5 Å². The number of hydrogen-bond acceptors (Lipinski definition) is 4.